The van der Waals surface area contributed by atoms with Gasteiger partial charge in [0, 0.05) is 23.9 Å². The molecule has 0 aliphatic carbocycles. The van der Waals surface area contributed by atoms with E-state index in [0.717, 1.165) is 9.32 Å². The number of anilines is 1. The molecule has 0 spiro atoms. The number of rotatable bonds is 3. The van der Waals surface area contributed by atoms with Gasteiger partial charge < -0.3 is 15.2 Å². The van der Waals surface area contributed by atoms with E-state index >= 15 is 0 Å². The van der Waals surface area contributed by atoms with E-state index in [4.69, 9.17) is 15.2 Å². The minimum Gasteiger partial charge on any atom is -0.497 e. The van der Waals surface area contributed by atoms with Crippen LogP contribution in [0.5, 0.6) is 17.2 Å². The second kappa shape index (κ2) is 5.27. The van der Waals surface area contributed by atoms with Crippen molar-refractivity contribution < 1.29 is 9.47 Å². The molecule has 0 aromatic heterocycles. The molecule has 88 valence electrons. The van der Waals surface area contributed by atoms with Crippen molar-refractivity contribution in [3.8, 4) is 17.2 Å². The zero-order chi connectivity index (χ0) is 12.3. The molecule has 0 unspecified atom stereocenters. The van der Waals surface area contributed by atoms with Crippen LogP contribution in [0.4, 0.5) is 5.69 Å². The van der Waals surface area contributed by atoms with Crippen molar-refractivity contribution in [1.82, 2.24) is 0 Å². The lowest BCUT2D eigenvalue weighted by molar-refractivity contribution is 0.409. The Morgan fingerprint density at radius 2 is 1.76 bits per heavy atom. The number of nitrogen functional groups attached to an aromatic ring is 1. The van der Waals surface area contributed by atoms with Gasteiger partial charge >= 0.3 is 0 Å². The minimum atomic E-state index is 0.616. The number of ether oxygens (including phenoxy) is 2. The number of hydrogen-bond donors (Lipinski definition) is 1. The zero-order valence-electron chi connectivity index (χ0n) is 9.31. The second-order valence-electron chi connectivity index (χ2n) is 3.47. The fourth-order valence-corrected chi connectivity index (χ4v) is 1.92. The number of benzene rings is 2. The van der Waals surface area contributed by atoms with Crippen LogP contribution in [-0.2, 0) is 0 Å². The third-order valence-electron chi connectivity index (χ3n) is 2.20. The molecule has 0 fully saturated rings. The third-order valence-corrected chi connectivity index (χ3v) is 3.09. The molecule has 0 aliphatic rings. The van der Waals surface area contributed by atoms with Gasteiger partial charge in [0.2, 0.25) is 0 Å². The molecule has 0 amide bonds. The molecule has 0 bridgehead atoms. The lowest BCUT2D eigenvalue weighted by atomic mass is 10.3. The first-order valence-electron chi connectivity index (χ1n) is 5.06. The van der Waals surface area contributed by atoms with Crippen molar-refractivity contribution in [2.75, 3.05) is 12.8 Å². The van der Waals surface area contributed by atoms with E-state index in [1.54, 1.807) is 25.3 Å². The molecular formula is C13H12INO2. The summed E-state index contributed by atoms with van der Waals surface area (Å²) < 4.78 is 12.0. The van der Waals surface area contributed by atoms with Gasteiger partial charge in [-0.1, -0.05) is 12.1 Å². The van der Waals surface area contributed by atoms with E-state index in [0.29, 0.717) is 17.2 Å². The smallest absolute Gasteiger partial charge is 0.140 e. The van der Waals surface area contributed by atoms with Crippen LogP contribution >= 0.6 is 22.6 Å². The molecule has 0 radical (unpaired) electrons. The normalized spacial score (nSPS) is 10.0. The Morgan fingerprint density at radius 1 is 1.06 bits per heavy atom. The van der Waals surface area contributed by atoms with Crippen LogP contribution in [0, 0.1) is 3.57 Å². The van der Waals surface area contributed by atoms with Gasteiger partial charge in [-0.05, 0) is 34.7 Å². The van der Waals surface area contributed by atoms with Gasteiger partial charge in [0.25, 0.3) is 0 Å². The van der Waals surface area contributed by atoms with E-state index in [9.17, 15) is 0 Å². The van der Waals surface area contributed by atoms with Crippen molar-refractivity contribution in [2.45, 2.75) is 0 Å². The predicted molar refractivity (Wildman–Crippen MR) is 76.6 cm³/mol. The molecule has 17 heavy (non-hydrogen) atoms. The molecule has 0 saturated carbocycles. The molecule has 0 heterocycles. The topological polar surface area (TPSA) is 44.5 Å². The Kier molecular flexibility index (Phi) is 3.73. The van der Waals surface area contributed by atoms with Crippen LogP contribution in [0.25, 0.3) is 0 Å². The first kappa shape index (κ1) is 12.0. The number of hydrogen-bond acceptors (Lipinski definition) is 3. The van der Waals surface area contributed by atoms with Gasteiger partial charge in [-0.15, -0.1) is 0 Å². The number of para-hydroxylation sites is 1. The summed E-state index contributed by atoms with van der Waals surface area (Å²) in [4.78, 5) is 0. The SMILES string of the molecule is COc1cc(N)cc(Oc2ccccc2I)c1. The highest BCUT2D eigenvalue weighted by atomic mass is 127. The Labute approximate surface area is 114 Å². The van der Waals surface area contributed by atoms with Crippen LogP contribution in [0.2, 0.25) is 0 Å². The quantitative estimate of drug-likeness (QED) is 0.684. The van der Waals surface area contributed by atoms with Gasteiger partial charge in [-0.3, -0.25) is 0 Å². The summed E-state index contributed by atoms with van der Waals surface area (Å²) in [6.45, 7) is 0. The summed E-state index contributed by atoms with van der Waals surface area (Å²) in [5.74, 6) is 2.16. The first-order chi connectivity index (χ1) is 8.19. The standard InChI is InChI=1S/C13H12INO2/c1-16-10-6-9(15)7-11(8-10)17-13-5-3-2-4-12(13)14/h2-8H,15H2,1H3. The third kappa shape index (κ3) is 3.03. The molecule has 0 saturated heterocycles. The summed E-state index contributed by atoms with van der Waals surface area (Å²) in [5.41, 5.74) is 6.38. The van der Waals surface area contributed by atoms with Crippen LogP contribution in [0.15, 0.2) is 42.5 Å². The van der Waals surface area contributed by atoms with Gasteiger partial charge in [-0.2, -0.15) is 0 Å². The average Bonchev–Trinajstić information content (AvgIpc) is 2.31. The van der Waals surface area contributed by atoms with E-state index in [1.165, 1.54) is 0 Å². The van der Waals surface area contributed by atoms with Crippen molar-refractivity contribution >= 4 is 28.3 Å². The Hall–Kier alpha value is -1.43. The van der Waals surface area contributed by atoms with E-state index in [1.807, 2.05) is 24.3 Å². The Balaban J connectivity index is 2.30. The molecule has 0 aliphatic heterocycles. The van der Waals surface area contributed by atoms with Gasteiger partial charge in [0.15, 0.2) is 0 Å². The lowest BCUT2D eigenvalue weighted by Gasteiger charge is -2.09. The summed E-state index contributed by atoms with van der Waals surface area (Å²) in [6.07, 6.45) is 0. The van der Waals surface area contributed by atoms with Gasteiger partial charge in [-0.25, -0.2) is 0 Å². The highest BCUT2D eigenvalue weighted by Gasteiger charge is 2.04. The van der Waals surface area contributed by atoms with Crippen molar-refractivity contribution in [3.05, 3.63) is 46.0 Å². The van der Waals surface area contributed by atoms with Crippen molar-refractivity contribution in [2.24, 2.45) is 0 Å². The first-order valence-corrected chi connectivity index (χ1v) is 6.14. The highest BCUT2D eigenvalue weighted by Crippen LogP contribution is 2.30. The van der Waals surface area contributed by atoms with E-state index < -0.39 is 0 Å². The van der Waals surface area contributed by atoms with E-state index in [-0.39, 0.29) is 0 Å². The maximum atomic E-state index is 5.76. The predicted octanol–water partition coefficient (Wildman–Crippen LogP) is 3.67. The second-order valence-corrected chi connectivity index (χ2v) is 4.64. The molecular weight excluding hydrogens is 329 g/mol. The van der Waals surface area contributed by atoms with Crippen LogP contribution in [-0.4, -0.2) is 7.11 Å². The van der Waals surface area contributed by atoms with Crippen LogP contribution < -0.4 is 15.2 Å². The maximum absolute atomic E-state index is 5.76. The fourth-order valence-electron chi connectivity index (χ4n) is 1.42. The number of methoxy groups -OCH3 is 1. The monoisotopic (exact) mass is 341 g/mol. The van der Waals surface area contributed by atoms with E-state index in [2.05, 4.69) is 22.6 Å². The molecule has 2 N–H and O–H groups in total. The molecule has 2 aromatic carbocycles. The average molecular weight is 341 g/mol. The maximum Gasteiger partial charge on any atom is 0.140 e. The summed E-state index contributed by atoms with van der Waals surface area (Å²) in [7, 11) is 1.60. The summed E-state index contributed by atoms with van der Waals surface area (Å²) in [5, 5.41) is 0. The fraction of sp³-hybridized carbons (Fsp3) is 0.0769. The molecule has 2 rings (SSSR count). The Bertz CT molecular complexity index is 529. The minimum absolute atomic E-state index is 0.616. The largest absolute Gasteiger partial charge is 0.497 e. The summed E-state index contributed by atoms with van der Waals surface area (Å²) in [6, 6.07) is 13.1. The molecule has 3 nitrogen and oxygen atoms in total. The molecule has 2 aromatic rings. The van der Waals surface area contributed by atoms with Crippen molar-refractivity contribution in [3.63, 3.8) is 0 Å². The van der Waals surface area contributed by atoms with Crippen LogP contribution in [0.3, 0.4) is 0 Å². The van der Waals surface area contributed by atoms with Crippen LogP contribution in [0.1, 0.15) is 0 Å². The zero-order valence-corrected chi connectivity index (χ0v) is 11.5. The lowest BCUT2D eigenvalue weighted by Crippen LogP contribution is -1.92. The molecule has 4 heteroatoms. The number of nitrogens with two attached hydrogens (primary N) is 1. The van der Waals surface area contributed by atoms with Gasteiger partial charge in [0.05, 0.1) is 10.7 Å². The van der Waals surface area contributed by atoms with Crippen molar-refractivity contribution in [1.29, 1.82) is 0 Å². The van der Waals surface area contributed by atoms with Gasteiger partial charge in [0.1, 0.15) is 17.2 Å². The number of halogens is 1. The molecule has 0 atom stereocenters. The Morgan fingerprint density at radius 3 is 2.47 bits per heavy atom. The summed E-state index contributed by atoms with van der Waals surface area (Å²) >= 11 is 2.23. The highest BCUT2D eigenvalue weighted by molar-refractivity contribution is 14.1.